The SMILES string of the molecule is CCOC(=O)c1c(C)[nH]c(/C=N/NC(=O)c2nn(Cc3ccccc3)c(=O)c3ccccc23)c1C. The number of fused-ring (bicyclic) bond motifs is 1. The molecule has 0 saturated carbocycles. The van der Waals surface area contributed by atoms with Crippen LogP contribution in [0.25, 0.3) is 10.8 Å². The molecule has 1 amide bonds. The maximum absolute atomic E-state index is 13.0. The van der Waals surface area contributed by atoms with E-state index in [2.05, 4.69) is 20.6 Å². The van der Waals surface area contributed by atoms with Gasteiger partial charge in [-0.2, -0.15) is 10.2 Å². The molecule has 4 rings (SSSR count). The van der Waals surface area contributed by atoms with Crippen molar-refractivity contribution in [1.82, 2.24) is 20.2 Å². The Balaban J connectivity index is 1.63. The summed E-state index contributed by atoms with van der Waals surface area (Å²) in [6.45, 7) is 5.78. The number of aryl methyl sites for hydroxylation is 1. The second-order valence-corrected chi connectivity index (χ2v) is 7.93. The van der Waals surface area contributed by atoms with Gasteiger partial charge in [-0.25, -0.2) is 14.9 Å². The Morgan fingerprint density at radius 3 is 2.49 bits per heavy atom. The Hall–Kier alpha value is -4.53. The monoisotopic (exact) mass is 471 g/mol. The minimum atomic E-state index is -0.564. The summed E-state index contributed by atoms with van der Waals surface area (Å²) in [6.07, 6.45) is 1.42. The van der Waals surface area contributed by atoms with Gasteiger partial charge in [-0.05, 0) is 38.0 Å². The van der Waals surface area contributed by atoms with E-state index in [4.69, 9.17) is 4.74 Å². The lowest BCUT2D eigenvalue weighted by Crippen LogP contribution is -2.29. The van der Waals surface area contributed by atoms with Gasteiger partial charge < -0.3 is 9.72 Å². The van der Waals surface area contributed by atoms with Crippen molar-refractivity contribution in [2.24, 2.45) is 5.10 Å². The van der Waals surface area contributed by atoms with E-state index in [1.54, 1.807) is 45.0 Å². The van der Waals surface area contributed by atoms with Crippen molar-refractivity contribution in [3.05, 3.63) is 98.7 Å². The first kappa shape index (κ1) is 23.6. The van der Waals surface area contributed by atoms with Gasteiger partial charge in [-0.15, -0.1) is 0 Å². The quantitative estimate of drug-likeness (QED) is 0.243. The van der Waals surface area contributed by atoms with Crippen molar-refractivity contribution >= 4 is 28.9 Å². The standard InChI is InChI=1S/C26H25N5O4/c1-4-35-26(34)22-16(2)21(28-17(22)3)14-27-29-24(32)23-19-12-8-9-13-20(19)25(33)31(30-23)15-18-10-6-5-7-11-18/h5-14,28H,4,15H2,1-3H3,(H,29,32)/b27-14+. The van der Waals surface area contributed by atoms with Gasteiger partial charge in [-0.3, -0.25) is 9.59 Å². The van der Waals surface area contributed by atoms with Crippen molar-refractivity contribution < 1.29 is 14.3 Å². The Labute approximate surface area is 201 Å². The molecule has 0 bridgehead atoms. The van der Waals surface area contributed by atoms with Crippen LogP contribution in [0.5, 0.6) is 0 Å². The molecule has 178 valence electrons. The lowest BCUT2D eigenvalue weighted by atomic mass is 10.1. The van der Waals surface area contributed by atoms with Crippen LogP contribution < -0.4 is 11.0 Å². The number of hydrazone groups is 1. The van der Waals surface area contributed by atoms with Gasteiger partial charge in [0.05, 0.1) is 36.0 Å². The van der Waals surface area contributed by atoms with Crippen LogP contribution >= 0.6 is 0 Å². The first-order chi connectivity index (χ1) is 16.9. The predicted molar refractivity (Wildman–Crippen MR) is 133 cm³/mol. The molecule has 35 heavy (non-hydrogen) atoms. The smallest absolute Gasteiger partial charge is 0.340 e. The summed E-state index contributed by atoms with van der Waals surface area (Å²) in [6, 6.07) is 16.3. The fourth-order valence-corrected chi connectivity index (χ4v) is 3.89. The van der Waals surface area contributed by atoms with Crippen LogP contribution in [0.3, 0.4) is 0 Å². The summed E-state index contributed by atoms with van der Waals surface area (Å²) in [7, 11) is 0. The average Bonchev–Trinajstić information content (AvgIpc) is 3.14. The van der Waals surface area contributed by atoms with Crippen molar-refractivity contribution in [2.75, 3.05) is 6.61 Å². The van der Waals surface area contributed by atoms with Crippen molar-refractivity contribution in [2.45, 2.75) is 27.3 Å². The van der Waals surface area contributed by atoms with E-state index in [1.165, 1.54) is 10.9 Å². The number of amides is 1. The summed E-state index contributed by atoms with van der Waals surface area (Å²) in [5.41, 5.74) is 5.49. The highest BCUT2D eigenvalue weighted by Gasteiger charge is 2.19. The molecule has 2 heterocycles. The fourth-order valence-electron chi connectivity index (χ4n) is 3.89. The summed E-state index contributed by atoms with van der Waals surface area (Å²) in [5, 5.41) is 9.22. The van der Waals surface area contributed by atoms with Gasteiger partial charge >= 0.3 is 5.97 Å². The number of carbonyl (C=O) groups is 2. The van der Waals surface area contributed by atoms with Crippen LogP contribution in [0.15, 0.2) is 64.5 Å². The van der Waals surface area contributed by atoms with Crippen molar-refractivity contribution in [3.8, 4) is 0 Å². The van der Waals surface area contributed by atoms with E-state index in [-0.39, 0.29) is 24.4 Å². The summed E-state index contributed by atoms with van der Waals surface area (Å²) in [5.74, 6) is -0.982. The maximum Gasteiger partial charge on any atom is 0.340 e. The molecule has 0 saturated heterocycles. The van der Waals surface area contributed by atoms with Crippen LogP contribution in [0.1, 0.15) is 50.3 Å². The third-order valence-corrected chi connectivity index (χ3v) is 5.57. The number of aromatic amines is 1. The lowest BCUT2D eigenvalue weighted by molar-refractivity contribution is 0.0524. The van der Waals surface area contributed by atoms with Gasteiger partial charge in [0.25, 0.3) is 11.5 Å². The molecule has 2 aromatic carbocycles. The number of esters is 1. The fraction of sp³-hybridized carbons (Fsp3) is 0.192. The van der Waals surface area contributed by atoms with Crippen LogP contribution in [0.2, 0.25) is 0 Å². The molecule has 0 unspecified atom stereocenters. The zero-order chi connectivity index (χ0) is 24.9. The second-order valence-electron chi connectivity index (χ2n) is 7.93. The molecule has 0 atom stereocenters. The average molecular weight is 472 g/mol. The number of rotatable bonds is 7. The number of hydrogen-bond acceptors (Lipinski definition) is 6. The number of ether oxygens (including phenoxy) is 1. The van der Waals surface area contributed by atoms with E-state index in [9.17, 15) is 14.4 Å². The molecule has 0 fully saturated rings. The first-order valence-corrected chi connectivity index (χ1v) is 11.1. The molecule has 0 aliphatic rings. The molecule has 9 nitrogen and oxygen atoms in total. The molecule has 0 aliphatic heterocycles. The van der Waals surface area contributed by atoms with Crippen molar-refractivity contribution in [1.29, 1.82) is 0 Å². The minimum Gasteiger partial charge on any atom is -0.462 e. The molecular weight excluding hydrogens is 446 g/mol. The van der Waals surface area contributed by atoms with Crippen LogP contribution in [0.4, 0.5) is 0 Å². The number of benzene rings is 2. The molecule has 4 aromatic rings. The third kappa shape index (κ3) is 4.89. The zero-order valence-electron chi connectivity index (χ0n) is 19.7. The molecule has 2 aromatic heterocycles. The summed E-state index contributed by atoms with van der Waals surface area (Å²) in [4.78, 5) is 41.3. The van der Waals surface area contributed by atoms with Crippen LogP contribution in [0, 0.1) is 13.8 Å². The number of carbonyl (C=O) groups excluding carboxylic acids is 2. The van der Waals surface area contributed by atoms with Crippen LogP contribution in [-0.2, 0) is 11.3 Å². The molecule has 0 spiro atoms. The topological polar surface area (TPSA) is 118 Å². The summed E-state index contributed by atoms with van der Waals surface area (Å²) >= 11 is 0. The zero-order valence-corrected chi connectivity index (χ0v) is 19.7. The van der Waals surface area contributed by atoms with Gasteiger partial charge in [0.2, 0.25) is 0 Å². The van der Waals surface area contributed by atoms with Gasteiger partial charge in [-0.1, -0.05) is 48.5 Å². The van der Waals surface area contributed by atoms with E-state index in [0.29, 0.717) is 33.3 Å². The number of H-pyrrole nitrogens is 1. The molecule has 9 heteroatoms. The minimum absolute atomic E-state index is 0.0832. The van der Waals surface area contributed by atoms with E-state index < -0.39 is 11.9 Å². The maximum atomic E-state index is 13.0. The predicted octanol–water partition coefficient (Wildman–Crippen LogP) is 3.33. The number of nitrogens with zero attached hydrogens (tertiary/aromatic N) is 3. The highest BCUT2D eigenvalue weighted by Crippen LogP contribution is 2.18. The Bertz CT molecular complexity index is 1490. The van der Waals surface area contributed by atoms with Gasteiger partial charge in [0.1, 0.15) is 0 Å². The Kier molecular flexibility index (Phi) is 6.86. The van der Waals surface area contributed by atoms with E-state index in [1.807, 2.05) is 30.3 Å². The van der Waals surface area contributed by atoms with E-state index >= 15 is 0 Å². The Morgan fingerprint density at radius 1 is 1.09 bits per heavy atom. The van der Waals surface area contributed by atoms with Crippen molar-refractivity contribution in [3.63, 3.8) is 0 Å². The highest BCUT2D eigenvalue weighted by atomic mass is 16.5. The van der Waals surface area contributed by atoms with Crippen LogP contribution in [-0.4, -0.2) is 39.5 Å². The lowest BCUT2D eigenvalue weighted by Gasteiger charge is -2.10. The second kappa shape index (κ2) is 10.2. The van der Waals surface area contributed by atoms with Gasteiger partial charge in [0.15, 0.2) is 5.69 Å². The van der Waals surface area contributed by atoms with E-state index in [0.717, 1.165) is 5.56 Å². The molecule has 0 radical (unpaired) electrons. The molecule has 2 N–H and O–H groups in total. The third-order valence-electron chi connectivity index (χ3n) is 5.57. The number of nitrogens with one attached hydrogen (secondary N) is 2. The normalized spacial score (nSPS) is 11.2. The first-order valence-electron chi connectivity index (χ1n) is 11.1. The Morgan fingerprint density at radius 2 is 1.77 bits per heavy atom. The number of hydrogen-bond donors (Lipinski definition) is 2. The largest absolute Gasteiger partial charge is 0.462 e. The molecule has 0 aliphatic carbocycles. The number of aromatic nitrogens is 3. The highest BCUT2D eigenvalue weighted by molar-refractivity contribution is 6.05. The van der Waals surface area contributed by atoms with Gasteiger partial charge in [0, 0.05) is 11.1 Å². The summed E-state index contributed by atoms with van der Waals surface area (Å²) < 4.78 is 6.38. The molecular formula is C26H25N5O4.